The van der Waals surface area contributed by atoms with E-state index >= 15 is 0 Å². The van der Waals surface area contributed by atoms with Crippen molar-refractivity contribution in [3.05, 3.63) is 52.0 Å². The van der Waals surface area contributed by atoms with Crippen LogP contribution in [0.2, 0.25) is 0 Å². The van der Waals surface area contributed by atoms with Crippen LogP contribution in [0, 0.1) is 0 Å². The Labute approximate surface area is 136 Å². The first-order valence-corrected chi connectivity index (χ1v) is 7.47. The maximum atomic E-state index is 12.2. The Kier molecular flexibility index (Phi) is 3.90. The molecule has 22 heavy (non-hydrogen) atoms. The Morgan fingerprint density at radius 3 is 2.55 bits per heavy atom. The molecule has 1 aliphatic rings. The van der Waals surface area contributed by atoms with E-state index in [0.29, 0.717) is 17.1 Å². The van der Waals surface area contributed by atoms with E-state index in [0.717, 1.165) is 21.3 Å². The minimum atomic E-state index is -0.116. The molecule has 0 saturated carbocycles. The number of amides is 1. The largest absolute Gasteiger partial charge is 0.496 e. The van der Waals surface area contributed by atoms with E-state index in [1.165, 1.54) is 0 Å². The first kappa shape index (κ1) is 14.7. The lowest BCUT2D eigenvalue weighted by atomic mass is 10.0. The molecular weight excluding hydrogens is 346 g/mol. The normalized spacial score (nSPS) is 14.7. The average molecular weight is 360 g/mol. The minimum absolute atomic E-state index is 0.116. The lowest BCUT2D eigenvalue weighted by molar-refractivity contribution is -0.110. The molecule has 2 aromatic rings. The Morgan fingerprint density at radius 1 is 1.09 bits per heavy atom. The van der Waals surface area contributed by atoms with Crippen molar-refractivity contribution in [3.63, 3.8) is 0 Å². The highest BCUT2D eigenvalue weighted by Gasteiger charge is 2.24. The van der Waals surface area contributed by atoms with Crippen molar-refractivity contribution in [2.45, 2.75) is 0 Å². The van der Waals surface area contributed by atoms with E-state index in [1.54, 1.807) is 20.3 Å². The van der Waals surface area contributed by atoms with Gasteiger partial charge >= 0.3 is 0 Å². The third kappa shape index (κ3) is 2.48. The topological polar surface area (TPSA) is 47.6 Å². The molecule has 2 aromatic carbocycles. The van der Waals surface area contributed by atoms with Gasteiger partial charge in [0.2, 0.25) is 0 Å². The molecule has 5 heteroatoms. The maximum absolute atomic E-state index is 12.2. The van der Waals surface area contributed by atoms with E-state index in [4.69, 9.17) is 9.47 Å². The van der Waals surface area contributed by atoms with Crippen molar-refractivity contribution in [1.29, 1.82) is 0 Å². The second kappa shape index (κ2) is 5.85. The summed E-state index contributed by atoms with van der Waals surface area (Å²) in [6.45, 7) is 0. The first-order valence-electron chi connectivity index (χ1n) is 6.68. The number of ether oxygens (including phenoxy) is 2. The smallest absolute Gasteiger partial charge is 0.256 e. The van der Waals surface area contributed by atoms with Crippen LogP contribution in [0.5, 0.6) is 11.5 Å². The number of hydrogen-bond donors (Lipinski definition) is 1. The number of carbonyl (C=O) groups excluding carboxylic acids is 1. The van der Waals surface area contributed by atoms with E-state index in [-0.39, 0.29) is 5.91 Å². The first-order chi connectivity index (χ1) is 10.6. The molecule has 1 heterocycles. The molecular formula is C17H14BrNO3. The second-order valence-corrected chi connectivity index (χ2v) is 5.64. The number of para-hydroxylation sites is 1. The van der Waals surface area contributed by atoms with Crippen molar-refractivity contribution >= 4 is 39.2 Å². The molecule has 0 radical (unpaired) electrons. The van der Waals surface area contributed by atoms with Gasteiger partial charge in [-0.3, -0.25) is 4.79 Å². The van der Waals surface area contributed by atoms with Crippen LogP contribution in [0.3, 0.4) is 0 Å². The number of hydrogen-bond acceptors (Lipinski definition) is 3. The van der Waals surface area contributed by atoms with Crippen molar-refractivity contribution in [1.82, 2.24) is 0 Å². The molecule has 1 aliphatic heterocycles. The molecule has 112 valence electrons. The Hall–Kier alpha value is -2.27. The second-order valence-electron chi connectivity index (χ2n) is 4.79. The SMILES string of the molecule is COc1cc(OC)c(C=C2C(=O)Nc3ccccc32)cc1Br. The van der Waals surface area contributed by atoms with Crippen LogP contribution in [0.1, 0.15) is 11.1 Å². The molecule has 0 fully saturated rings. The molecule has 0 aliphatic carbocycles. The maximum Gasteiger partial charge on any atom is 0.256 e. The summed E-state index contributed by atoms with van der Waals surface area (Å²) < 4.78 is 11.5. The quantitative estimate of drug-likeness (QED) is 0.843. The van der Waals surface area contributed by atoms with Crippen LogP contribution in [-0.2, 0) is 4.79 Å². The van der Waals surface area contributed by atoms with Gasteiger partial charge in [-0.15, -0.1) is 0 Å². The Morgan fingerprint density at radius 2 is 1.82 bits per heavy atom. The Balaban J connectivity index is 2.13. The van der Waals surface area contributed by atoms with E-state index < -0.39 is 0 Å². The number of nitrogens with one attached hydrogen (secondary N) is 1. The summed E-state index contributed by atoms with van der Waals surface area (Å²) in [4.78, 5) is 12.2. The van der Waals surface area contributed by atoms with Gasteiger partial charge < -0.3 is 14.8 Å². The van der Waals surface area contributed by atoms with Crippen molar-refractivity contribution in [2.75, 3.05) is 19.5 Å². The molecule has 1 amide bonds. The summed E-state index contributed by atoms with van der Waals surface area (Å²) in [6.07, 6.45) is 1.82. The average Bonchev–Trinajstić information content (AvgIpc) is 2.84. The zero-order chi connectivity index (χ0) is 15.7. The van der Waals surface area contributed by atoms with Crippen molar-refractivity contribution < 1.29 is 14.3 Å². The fourth-order valence-electron chi connectivity index (χ4n) is 2.43. The van der Waals surface area contributed by atoms with Crippen LogP contribution in [0.4, 0.5) is 5.69 Å². The highest BCUT2D eigenvalue weighted by atomic mass is 79.9. The van der Waals surface area contributed by atoms with Gasteiger partial charge in [-0.2, -0.15) is 0 Å². The summed E-state index contributed by atoms with van der Waals surface area (Å²) in [5.41, 5.74) is 3.13. The van der Waals surface area contributed by atoms with Gasteiger partial charge in [-0.1, -0.05) is 18.2 Å². The zero-order valence-corrected chi connectivity index (χ0v) is 13.7. The van der Waals surface area contributed by atoms with Gasteiger partial charge in [0.15, 0.2) is 0 Å². The number of halogens is 1. The third-order valence-electron chi connectivity index (χ3n) is 3.51. The van der Waals surface area contributed by atoms with Crippen LogP contribution >= 0.6 is 15.9 Å². The number of anilines is 1. The highest BCUT2D eigenvalue weighted by molar-refractivity contribution is 9.10. The molecule has 0 atom stereocenters. The zero-order valence-electron chi connectivity index (χ0n) is 12.1. The number of rotatable bonds is 3. The fourth-order valence-corrected chi connectivity index (χ4v) is 2.96. The van der Waals surface area contributed by atoms with E-state index in [9.17, 15) is 4.79 Å². The Bertz CT molecular complexity index is 783. The van der Waals surface area contributed by atoms with Gasteiger partial charge in [0.25, 0.3) is 5.91 Å². The van der Waals surface area contributed by atoms with Gasteiger partial charge in [0.1, 0.15) is 11.5 Å². The third-order valence-corrected chi connectivity index (χ3v) is 4.13. The number of methoxy groups -OCH3 is 2. The van der Waals surface area contributed by atoms with E-state index in [1.807, 2.05) is 36.4 Å². The molecule has 0 aromatic heterocycles. The van der Waals surface area contributed by atoms with Crippen molar-refractivity contribution in [3.8, 4) is 11.5 Å². The van der Waals surface area contributed by atoms with Gasteiger partial charge in [-0.05, 0) is 34.1 Å². The van der Waals surface area contributed by atoms with Crippen LogP contribution < -0.4 is 14.8 Å². The standard InChI is InChI=1S/C17H14BrNO3/c1-21-15-9-16(22-2)13(18)8-10(15)7-12-11-5-3-4-6-14(11)19-17(12)20/h3-9H,1-2H3,(H,19,20). The van der Waals surface area contributed by atoms with Crippen LogP contribution in [0.25, 0.3) is 11.6 Å². The minimum Gasteiger partial charge on any atom is -0.496 e. The van der Waals surface area contributed by atoms with Gasteiger partial charge in [0, 0.05) is 28.5 Å². The molecule has 0 unspecified atom stereocenters. The summed E-state index contributed by atoms with van der Waals surface area (Å²) in [6, 6.07) is 11.3. The molecule has 0 saturated heterocycles. The number of benzene rings is 2. The predicted octanol–water partition coefficient (Wildman–Crippen LogP) is 3.96. The summed E-state index contributed by atoms with van der Waals surface area (Å²) in [5.74, 6) is 1.20. The number of carbonyl (C=O) groups is 1. The fraction of sp³-hybridized carbons (Fsp3) is 0.118. The van der Waals surface area contributed by atoms with Gasteiger partial charge in [0.05, 0.1) is 18.7 Å². The monoisotopic (exact) mass is 359 g/mol. The molecule has 3 rings (SSSR count). The summed E-state index contributed by atoms with van der Waals surface area (Å²) in [7, 11) is 3.19. The predicted molar refractivity (Wildman–Crippen MR) is 90.2 cm³/mol. The van der Waals surface area contributed by atoms with Crippen LogP contribution in [0.15, 0.2) is 40.9 Å². The van der Waals surface area contributed by atoms with Crippen molar-refractivity contribution in [2.24, 2.45) is 0 Å². The van der Waals surface area contributed by atoms with Crippen LogP contribution in [-0.4, -0.2) is 20.1 Å². The number of fused-ring (bicyclic) bond motifs is 1. The van der Waals surface area contributed by atoms with E-state index in [2.05, 4.69) is 21.2 Å². The summed E-state index contributed by atoms with van der Waals surface area (Å²) in [5, 5.41) is 2.86. The summed E-state index contributed by atoms with van der Waals surface area (Å²) >= 11 is 3.46. The van der Waals surface area contributed by atoms with Gasteiger partial charge in [-0.25, -0.2) is 0 Å². The molecule has 0 spiro atoms. The highest BCUT2D eigenvalue weighted by Crippen LogP contribution is 2.37. The molecule has 0 bridgehead atoms. The molecule has 1 N–H and O–H groups in total. The lowest BCUT2D eigenvalue weighted by Gasteiger charge is -2.10. The lowest BCUT2D eigenvalue weighted by Crippen LogP contribution is -2.03. The molecule has 4 nitrogen and oxygen atoms in total.